The Hall–Kier alpha value is -0.910. The van der Waals surface area contributed by atoms with Gasteiger partial charge in [-0.25, -0.2) is 0 Å². The van der Waals surface area contributed by atoms with E-state index in [0.29, 0.717) is 6.61 Å². The van der Waals surface area contributed by atoms with Crippen LogP contribution in [-0.4, -0.2) is 30.8 Å². The molecule has 1 aromatic rings. The second kappa shape index (κ2) is 7.03. The number of rotatable bonds is 4. The number of ether oxygens (including phenoxy) is 1. The van der Waals surface area contributed by atoms with E-state index in [4.69, 9.17) is 4.74 Å². The standard InChI is InChI=1S/C14H18BrNO3/c15-12-5-1-3-10(7-12)13(17)8-16-14(18)11-4-2-6-19-9-11/h1,3,5,7,11,13,17H,2,4,6,8-9H2,(H,16,18)/t11-,13+/m0/s1. The molecule has 0 saturated carbocycles. The highest BCUT2D eigenvalue weighted by Gasteiger charge is 2.22. The summed E-state index contributed by atoms with van der Waals surface area (Å²) in [5.74, 6) is -0.114. The molecule has 1 saturated heterocycles. The minimum Gasteiger partial charge on any atom is -0.387 e. The van der Waals surface area contributed by atoms with Crippen LogP contribution in [0, 0.1) is 5.92 Å². The van der Waals surface area contributed by atoms with Crippen LogP contribution in [0.4, 0.5) is 0 Å². The number of aliphatic hydroxyl groups is 1. The Balaban J connectivity index is 1.82. The van der Waals surface area contributed by atoms with Crippen molar-refractivity contribution in [1.29, 1.82) is 0 Å². The van der Waals surface area contributed by atoms with Crippen LogP contribution in [0.3, 0.4) is 0 Å². The number of carbonyl (C=O) groups excluding carboxylic acids is 1. The van der Waals surface area contributed by atoms with Gasteiger partial charge in [-0.15, -0.1) is 0 Å². The lowest BCUT2D eigenvalue weighted by molar-refractivity contribution is -0.129. The molecule has 0 unspecified atom stereocenters. The van der Waals surface area contributed by atoms with Gasteiger partial charge in [-0.1, -0.05) is 28.1 Å². The smallest absolute Gasteiger partial charge is 0.225 e. The number of aliphatic hydroxyl groups excluding tert-OH is 1. The molecule has 0 aliphatic carbocycles. The molecule has 1 aromatic carbocycles. The summed E-state index contributed by atoms with van der Waals surface area (Å²) in [4.78, 5) is 11.9. The zero-order valence-electron chi connectivity index (χ0n) is 10.6. The first kappa shape index (κ1) is 14.5. The molecule has 4 nitrogen and oxygen atoms in total. The molecule has 5 heteroatoms. The number of hydrogen-bond acceptors (Lipinski definition) is 3. The highest BCUT2D eigenvalue weighted by molar-refractivity contribution is 9.10. The number of amides is 1. The molecule has 2 N–H and O–H groups in total. The first-order valence-corrected chi connectivity index (χ1v) is 7.25. The van der Waals surface area contributed by atoms with E-state index >= 15 is 0 Å². The van der Waals surface area contributed by atoms with Gasteiger partial charge in [0.2, 0.25) is 5.91 Å². The monoisotopic (exact) mass is 327 g/mol. The van der Waals surface area contributed by atoms with Gasteiger partial charge < -0.3 is 15.2 Å². The number of hydrogen-bond donors (Lipinski definition) is 2. The molecular weight excluding hydrogens is 310 g/mol. The average molecular weight is 328 g/mol. The van der Waals surface area contributed by atoms with Gasteiger partial charge in [-0.3, -0.25) is 4.79 Å². The van der Waals surface area contributed by atoms with Crippen molar-refractivity contribution in [3.8, 4) is 0 Å². The fraction of sp³-hybridized carbons (Fsp3) is 0.500. The van der Waals surface area contributed by atoms with E-state index in [2.05, 4.69) is 21.2 Å². The zero-order valence-corrected chi connectivity index (χ0v) is 12.2. The molecule has 0 spiro atoms. The Labute approximate surface area is 121 Å². The fourth-order valence-corrected chi connectivity index (χ4v) is 2.54. The minimum absolute atomic E-state index is 0.0336. The third kappa shape index (κ3) is 4.30. The summed E-state index contributed by atoms with van der Waals surface area (Å²) in [6, 6.07) is 7.44. The summed E-state index contributed by atoms with van der Waals surface area (Å²) < 4.78 is 6.19. The largest absolute Gasteiger partial charge is 0.387 e. The van der Waals surface area contributed by atoms with Gasteiger partial charge in [-0.2, -0.15) is 0 Å². The molecule has 1 heterocycles. The van der Waals surface area contributed by atoms with Crippen molar-refractivity contribution in [3.63, 3.8) is 0 Å². The van der Waals surface area contributed by atoms with Crippen molar-refractivity contribution in [3.05, 3.63) is 34.3 Å². The topological polar surface area (TPSA) is 58.6 Å². The number of nitrogens with one attached hydrogen (secondary N) is 1. The van der Waals surface area contributed by atoms with Crippen molar-refractivity contribution in [2.75, 3.05) is 19.8 Å². The Morgan fingerprint density at radius 3 is 3.11 bits per heavy atom. The van der Waals surface area contributed by atoms with Gasteiger partial charge >= 0.3 is 0 Å². The lowest BCUT2D eigenvalue weighted by atomic mass is 10.0. The summed E-state index contributed by atoms with van der Waals surface area (Å²) in [6.45, 7) is 1.45. The molecule has 0 radical (unpaired) electrons. The molecule has 1 fully saturated rings. The van der Waals surface area contributed by atoms with Gasteiger partial charge in [0.25, 0.3) is 0 Å². The van der Waals surface area contributed by atoms with Crippen molar-refractivity contribution >= 4 is 21.8 Å². The molecule has 2 atom stereocenters. The fourth-order valence-electron chi connectivity index (χ4n) is 2.12. The van der Waals surface area contributed by atoms with Gasteiger partial charge in [0.15, 0.2) is 0 Å². The Bertz CT molecular complexity index is 432. The molecule has 1 aliphatic rings. The van der Waals surface area contributed by atoms with E-state index in [1.807, 2.05) is 24.3 Å². The third-order valence-electron chi connectivity index (χ3n) is 3.23. The quantitative estimate of drug-likeness (QED) is 0.889. The average Bonchev–Trinajstić information content (AvgIpc) is 2.45. The second-order valence-electron chi connectivity index (χ2n) is 4.73. The van der Waals surface area contributed by atoms with Crippen LogP contribution in [0.2, 0.25) is 0 Å². The van der Waals surface area contributed by atoms with Gasteiger partial charge in [-0.05, 0) is 30.5 Å². The predicted molar refractivity (Wildman–Crippen MR) is 75.7 cm³/mol. The van der Waals surface area contributed by atoms with E-state index in [9.17, 15) is 9.90 Å². The van der Waals surface area contributed by atoms with Crippen LogP contribution in [0.1, 0.15) is 24.5 Å². The maximum absolute atomic E-state index is 11.9. The van der Waals surface area contributed by atoms with Crippen LogP contribution >= 0.6 is 15.9 Å². The Kier molecular flexibility index (Phi) is 5.36. The van der Waals surface area contributed by atoms with Crippen LogP contribution < -0.4 is 5.32 Å². The number of carbonyl (C=O) groups is 1. The lowest BCUT2D eigenvalue weighted by Crippen LogP contribution is -2.37. The molecule has 19 heavy (non-hydrogen) atoms. The van der Waals surface area contributed by atoms with Crippen molar-refractivity contribution < 1.29 is 14.6 Å². The molecule has 1 amide bonds. The summed E-state index contributed by atoms with van der Waals surface area (Å²) in [5, 5.41) is 12.8. The number of halogens is 1. The van der Waals surface area contributed by atoms with Crippen LogP contribution in [0.15, 0.2) is 28.7 Å². The molecule has 0 bridgehead atoms. The molecule has 1 aliphatic heterocycles. The van der Waals surface area contributed by atoms with Gasteiger partial charge in [0.1, 0.15) is 0 Å². The predicted octanol–water partition coefficient (Wildman–Crippen LogP) is 2.03. The highest BCUT2D eigenvalue weighted by Crippen LogP contribution is 2.18. The van der Waals surface area contributed by atoms with E-state index < -0.39 is 6.10 Å². The second-order valence-corrected chi connectivity index (χ2v) is 5.65. The molecule has 0 aromatic heterocycles. The Morgan fingerprint density at radius 1 is 1.58 bits per heavy atom. The van der Waals surface area contributed by atoms with Gasteiger partial charge in [0, 0.05) is 17.6 Å². The molecule has 104 valence electrons. The molecule has 2 rings (SSSR count). The normalized spacial score (nSPS) is 20.8. The minimum atomic E-state index is -0.689. The third-order valence-corrected chi connectivity index (χ3v) is 3.73. The van der Waals surface area contributed by atoms with Crippen molar-refractivity contribution in [2.24, 2.45) is 5.92 Å². The van der Waals surface area contributed by atoms with Crippen LogP contribution in [0.25, 0.3) is 0 Å². The first-order chi connectivity index (χ1) is 9.16. The van der Waals surface area contributed by atoms with Crippen LogP contribution in [0.5, 0.6) is 0 Å². The van der Waals surface area contributed by atoms with Crippen LogP contribution in [-0.2, 0) is 9.53 Å². The van der Waals surface area contributed by atoms with E-state index in [1.54, 1.807) is 0 Å². The van der Waals surface area contributed by atoms with E-state index in [-0.39, 0.29) is 18.4 Å². The highest BCUT2D eigenvalue weighted by atomic mass is 79.9. The summed E-state index contributed by atoms with van der Waals surface area (Å²) in [6.07, 6.45) is 1.09. The Morgan fingerprint density at radius 2 is 2.42 bits per heavy atom. The SMILES string of the molecule is O=C(NC[C@@H](O)c1cccc(Br)c1)[C@H]1CCCOC1. The zero-order chi connectivity index (χ0) is 13.7. The van der Waals surface area contributed by atoms with E-state index in [0.717, 1.165) is 29.5 Å². The maximum Gasteiger partial charge on any atom is 0.225 e. The van der Waals surface area contributed by atoms with Crippen molar-refractivity contribution in [2.45, 2.75) is 18.9 Å². The molecular formula is C14H18BrNO3. The summed E-state index contributed by atoms with van der Waals surface area (Å²) >= 11 is 3.36. The summed E-state index contributed by atoms with van der Waals surface area (Å²) in [7, 11) is 0. The van der Waals surface area contributed by atoms with Gasteiger partial charge in [0.05, 0.1) is 18.6 Å². The maximum atomic E-state index is 11.9. The lowest BCUT2D eigenvalue weighted by Gasteiger charge is -2.22. The number of benzene rings is 1. The van der Waals surface area contributed by atoms with Crippen molar-refractivity contribution in [1.82, 2.24) is 5.32 Å². The van der Waals surface area contributed by atoms with E-state index in [1.165, 1.54) is 0 Å². The first-order valence-electron chi connectivity index (χ1n) is 6.46. The summed E-state index contributed by atoms with van der Waals surface area (Å²) in [5.41, 5.74) is 0.787.